The maximum absolute atomic E-state index is 2.70. The van der Waals surface area contributed by atoms with Gasteiger partial charge in [0.25, 0.3) is 0 Å². The van der Waals surface area contributed by atoms with Gasteiger partial charge in [0, 0.05) is 25.5 Å². The number of hydrogen-bond acceptors (Lipinski definition) is 2. The normalized spacial score (nSPS) is 15.2. The monoisotopic (exact) mass is 547 g/mol. The zero-order valence-corrected chi connectivity index (χ0v) is 27.5. The summed E-state index contributed by atoms with van der Waals surface area (Å²) < 4.78 is 0. The summed E-state index contributed by atoms with van der Waals surface area (Å²) in [5.74, 6) is 0. The lowest BCUT2D eigenvalue weighted by Gasteiger charge is -2.33. The summed E-state index contributed by atoms with van der Waals surface area (Å²) in [4.78, 5) is 5.39. The van der Waals surface area contributed by atoms with Crippen LogP contribution in [0.5, 0.6) is 0 Å². The van der Waals surface area contributed by atoms with Crippen molar-refractivity contribution in [1.29, 1.82) is 0 Å². The van der Waals surface area contributed by atoms with Gasteiger partial charge in [-0.1, -0.05) is 181 Å². The van der Waals surface area contributed by atoms with E-state index >= 15 is 0 Å². The van der Waals surface area contributed by atoms with Crippen molar-refractivity contribution in [2.24, 2.45) is 0 Å². The first-order chi connectivity index (χ1) is 19.3. The van der Waals surface area contributed by atoms with Gasteiger partial charge >= 0.3 is 0 Å². The van der Waals surface area contributed by atoms with Crippen LogP contribution in [0.2, 0.25) is 0 Å². The van der Waals surface area contributed by atoms with Crippen molar-refractivity contribution >= 4 is 0 Å². The van der Waals surface area contributed by atoms with Crippen molar-refractivity contribution in [3.05, 3.63) is 12.4 Å². The first-order valence-corrected chi connectivity index (χ1v) is 18.5. The molecule has 1 heterocycles. The van der Waals surface area contributed by atoms with Crippen LogP contribution in [0.1, 0.15) is 207 Å². The Balaban J connectivity index is 2.12. The fourth-order valence-electron chi connectivity index (χ4n) is 6.36. The maximum Gasteiger partial charge on any atom is 0.101 e. The van der Waals surface area contributed by atoms with E-state index < -0.39 is 0 Å². The summed E-state index contributed by atoms with van der Waals surface area (Å²) in [5, 5.41) is 0. The SMILES string of the molecule is CCCCCCCCCCCCCCCCCC1N(CCCCCC)C=CN1CCCCCCCCCCC. The molecule has 0 amide bonds. The van der Waals surface area contributed by atoms with Crippen LogP contribution in [-0.2, 0) is 0 Å². The molecule has 0 aromatic heterocycles. The molecule has 39 heavy (non-hydrogen) atoms. The Labute approximate surface area is 248 Å². The van der Waals surface area contributed by atoms with E-state index in [1.807, 2.05) is 0 Å². The highest BCUT2D eigenvalue weighted by Gasteiger charge is 2.24. The van der Waals surface area contributed by atoms with E-state index in [2.05, 4.69) is 43.0 Å². The highest BCUT2D eigenvalue weighted by molar-refractivity contribution is 4.97. The van der Waals surface area contributed by atoms with Crippen LogP contribution >= 0.6 is 0 Å². The Bertz CT molecular complexity index is 502. The predicted molar refractivity (Wildman–Crippen MR) is 177 cm³/mol. The molecule has 1 atom stereocenters. The smallest absolute Gasteiger partial charge is 0.101 e. The largest absolute Gasteiger partial charge is 0.356 e. The second-order valence-corrected chi connectivity index (χ2v) is 12.9. The minimum atomic E-state index is 0.641. The molecule has 2 nitrogen and oxygen atoms in total. The summed E-state index contributed by atoms with van der Waals surface area (Å²) in [6.45, 7) is 9.47. The standard InChI is InChI=1S/C37H74N2/c1-4-7-10-13-15-17-18-19-20-21-22-23-25-27-29-32-37-38(33-30-12-9-6-3)35-36-39(37)34-31-28-26-24-16-14-11-8-5-2/h35-37H,4-34H2,1-3H3. The number of hydrogen-bond donors (Lipinski definition) is 0. The molecule has 0 bridgehead atoms. The third kappa shape index (κ3) is 21.7. The number of nitrogens with zero attached hydrogens (tertiary/aromatic N) is 2. The minimum absolute atomic E-state index is 0.641. The Hall–Kier alpha value is -0.660. The molecule has 0 saturated heterocycles. The average Bonchev–Trinajstić information content (AvgIpc) is 3.33. The topological polar surface area (TPSA) is 6.48 Å². The quantitative estimate of drug-likeness (QED) is 0.0798. The molecule has 0 aromatic carbocycles. The summed E-state index contributed by atoms with van der Waals surface area (Å²) >= 11 is 0. The van der Waals surface area contributed by atoms with Crippen LogP contribution in [0.15, 0.2) is 12.4 Å². The molecule has 0 N–H and O–H groups in total. The zero-order chi connectivity index (χ0) is 28.1. The number of unbranched alkanes of at least 4 members (excludes halogenated alkanes) is 25. The molecular weight excluding hydrogens is 472 g/mol. The van der Waals surface area contributed by atoms with Crippen LogP contribution in [0.3, 0.4) is 0 Å². The van der Waals surface area contributed by atoms with Crippen LogP contribution in [0, 0.1) is 0 Å². The molecule has 232 valence electrons. The van der Waals surface area contributed by atoms with Gasteiger partial charge in [0.15, 0.2) is 0 Å². The molecule has 1 aliphatic heterocycles. The second kappa shape index (κ2) is 28.9. The zero-order valence-electron chi connectivity index (χ0n) is 27.5. The molecule has 0 aromatic rings. The van der Waals surface area contributed by atoms with Gasteiger partial charge in [0.2, 0.25) is 0 Å². The predicted octanol–water partition coefficient (Wildman–Crippen LogP) is 12.8. The third-order valence-corrected chi connectivity index (χ3v) is 9.07. The lowest BCUT2D eigenvalue weighted by atomic mass is 10.0. The average molecular weight is 547 g/mol. The highest BCUT2D eigenvalue weighted by atomic mass is 15.4. The number of rotatable bonds is 31. The second-order valence-electron chi connectivity index (χ2n) is 12.9. The Morgan fingerprint density at radius 3 is 0.923 bits per heavy atom. The summed E-state index contributed by atoms with van der Waals surface area (Å²) in [6, 6.07) is 0. The maximum atomic E-state index is 2.70. The van der Waals surface area contributed by atoms with Gasteiger partial charge in [-0.05, 0) is 25.7 Å². The van der Waals surface area contributed by atoms with Crippen LogP contribution < -0.4 is 0 Å². The Morgan fingerprint density at radius 2 is 0.590 bits per heavy atom. The van der Waals surface area contributed by atoms with Gasteiger partial charge in [-0.25, -0.2) is 0 Å². The summed E-state index contributed by atoms with van der Waals surface area (Å²) in [6.07, 6.45) is 47.0. The van der Waals surface area contributed by atoms with E-state index in [0.717, 1.165) is 0 Å². The molecule has 1 rings (SSSR count). The van der Waals surface area contributed by atoms with Crippen LogP contribution in [0.4, 0.5) is 0 Å². The lowest BCUT2D eigenvalue weighted by molar-refractivity contribution is 0.135. The van der Waals surface area contributed by atoms with E-state index in [9.17, 15) is 0 Å². The van der Waals surface area contributed by atoms with Crippen molar-refractivity contribution < 1.29 is 0 Å². The van der Waals surface area contributed by atoms with Crippen molar-refractivity contribution in [3.63, 3.8) is 0 Å². The van der Waals surface area contributed by atoms with E-state index in [1.165, 1.54) is 199 Å². The van der Waals surface area contributed by atoms with Crippen molar-refractivity contribution in [2.45, 2.75) is 213 Å². The molecule has 2 heteroatoms. The first-order valence-electron chi connectivity index (χ1n) is 18.5. The first kappa shape index (κ1) is 36.4. The molecule has 0 radical (unpaired) electrons. The van der Waals surface area contributed by atoms with Gasteiger partial charge in [0.05, 0.1) is 0 Å². The summed E-state index contributed by atoms with van der Waals surface area (Å²) in [5.41, 5.74) is 0. The fraction of sp³-hybridized carbons (Fsp3) is 0.946. The Morgan fingerprint density at radius 1 is 0.333 bits per heavy atom. The highest BCUT2D eigenvalue weighted by Crippen LogP contribution is 2.24. The van der Waals surface area contributed by atoms with Crippen molar-refractivity contribution in [2.75, 3.05) is 13.1 Å². The molecule has 0 aliphatic carbocycles. The molecule has 1 unspecified atom stereocenters. The van der Waals surface area contributed by atoms with Crippen LogP contribution in [0.25, 0.3) is 0 Å². The van der Waals surface area contributed by atoms with E-state index in [4.69, 9.17) is 0 Å². The van der Waals surface area contributed by atoms with Gasteiger partial charge in [-0.3, -0.25) is 0 Å². The molecule has 0 saturated carbocycles. The van der Waals surface area contributed by atoms with Gasteiger partial charge in [-0.2, -0.15) is 0 Å². The molecule has 0 fully saturated rings. The Kier molecular flexibility index (Phi) is 26.9. The molecular formula is C37H74N2. The lowest BCUT2D eigenvalue weighted by Crippen LogP contribution is -2.39. The molecule has 1 aliphatic rings. The third-order valence-electron chi connectivity index (χ3n) is 9.07. The molecule has 0 spiro atoms. The van der Waals surface area contributed by atoms with Crippen molar-refractivity contribution in [3.8, 4) is 0 Å². The van der Waals surface area contributed by atoms with Crippen LogP contribution in [-0.4, -0.2) is 29.1 Å². The minimum Gasteiger partial charge on any atom is -0.356 e. The van der Waals surface area contributed by atoms with Gasteiger partial charge in [-0.15, -0.1) is 0 Å². The van der Waals surface area contributed by atoms with E-state index in [1.54, 1.807) is 0 Å². The van der Waals surface area contributed by atoms with Gasteiger partial charge < -0.3 is 9.80 Å². The fourth-order valence-corrected chi connectivity index (χ4v) is 6.36. The van der Waals surface area contributed by atoms with Gasteiger partial charge in [0.1, 0.15) is 6.17 Å². The summed E-state index contributed by atoms with van der Waals surface area (Å²) in [7, 11) is 0. The van der Waals surface area contributed by atoms with Crippen molar-refractivity contribution in [1.82, 2.24) is 9.80 Å². The van der Waals surface area contributed by atoms with E-state index in [-0.39, 0.29) is 0 Å². The van der Waals surface area contributed by atoms with E-state index in [0.29, 0.717) is 6.17 Å².